The molecule has 5 nitrogen and oxygen atoms in total. The van der Waals surface area contributed by atoms with Gasteiger partial charge in [0.25, 0.3) is 0 Å². The zero-order valence-corrected chi connectivity index (χ0v) is 9.27. The number of ether oxygens (including phenoxy) is 2. The van der Waals surface area contributed by atoms with E-state index >= 15 is 0 Å². The van der Waals surface area contributed by atoms with E-state index in [0.717, 1.165) is 0 Å². The Kier molecular flexibility index (Phi) is 4.80. The zero-order valence-electron chi connectivity index (χ0n) is 9.27. The van der Waals surface area contributed by atoms with Crippen LogP contribution in [-0.2, 0) is 19.1 Å². The lowest BCUT2D eigenvalue weighted by Gasteiger charge is -2.31. The molecule has 1 heterocycles. The summed E-state index contributed by atoms with van der Waals surface area (Å²) < 4.78 is 9.77. The number of rotatable bonds is 3. The lowest BCUT2D eigenvalue weighted by Crippen LogP contribution is -2.48. The molecule has 1 fully saturated rings. The highest BCUT2D eigenvalue weighted by Crippen LogP contribution is 2.08. The van der Waals surface area contributed by atoms with E-state index in [4.69, 9.17) is 11.2 Å². The van der Waals surface area contributed by atoms with E-state index < -0.39 is 12.1 Å². The molecule has 0 spiro atoms. The van der Waals surface area contributed by atoms with Crippen molar-refractivity contribution in [3.05, 3.63) is 0 Å². The summed E-state index contributed by atoms with van der Waals surface area (Å²) in [4.78, 5) is 24.5. The van der Waals surface area contributed by atoms with Crippen LogP contribution in [-0.4, -0.2) is 49.7 Å². The lowest BCUT2D eigenvalue weighted by atomic mass is 10.2. The molecule has 0 aromatic heterocycles. The third-order valence-electron chi connectivity index (χ3n) is 2.37. The van der Waals surface area contributed by atoms with E-state index in [-0.39, 0.29) is 12.5 Å². The van der Waals surface area contributed by atoms with E-state index in [1.165, 1.54) is 7.11 Å². The topological polar surface area (TPSA) is 55.8 Å². The van der Waals surface area contributed by atoms with Crippen LogP contribution in [0, 0.1) is 12.3 Å². The number of carbonyl (C=O) groups is 2. The second-order valence-corrected chi connectivity index (χ2v) is 3.43. The fraction of sp³-hybridized carbons (Fsp3) is 0.636. The fourth-order valence-corrected chi connectivity index (χ4v) is 1.49. The standard InChI is InChI=1S/C11H15NO4/c1-3-4-5-10(13)12-6-7-16-9(8-12)11(14)15-2/h1,9H,4-8H2,2H3. The van der Waals surface area contributed by atoms with Gasteiger partial charge in [-0.3, -0.25) is 4.79 Å². The Bertz CT molecular complexity index is 308. The van der Waals surface area contributed by atoms with Crippen LogP contribution in [0.5, 0.6) is 0 Å². The van der Waals surface area contributed by atoms with Crippen molar-refractivity contribution in [2.75, 3.05) is 26.8 Å². The van der Waals surface area contributed by atoms with Crippen molar-refractivity contribution in [2.45, 2.75) is 18.9 Å². The minimum Gasteiger partial charge on any atom is -0.467 e. The number of nitrogens with zero attached hydrogens (tertiary/aromatic N) is 1. The van der Waals surface area contributed by atoms with Crippen LogP contribution in [0.4, 0.5) is 0 Å². The molecule has 1 aliphatic rings. The third kappa shape index (κ3) is 3.24. The summed E-state index contributed by atoms with van der Waals surface area (Å²) >= 11 is 0. The maximum Gasteiger partial charge on any atom is 0.336 e. The summed E-state index contributed by atoms with van der Waals surface area (Å²) in [6.07, 6.45) is 5.14. The first-order valence-corrected chi connectivity index (χ1v) is 5.09. The molecule has 5 heteroatoms. The molecule has 0 bridgehead atoms. The Labute approximate surface area is 94.7 Å². The van der Waals surface area contributed by atoms with E-state index in [1.54, 1.807) is 4.90 Å². The molecule has 88 valence electrons. The van der Waals surface area contributed by atoms with Crippen LogP contribution in [0.25, 0.3) is 0 Å². The van der Waals surface area contributed by atoms with Crippen molar-refractivity contribution in [2.24, 2.45) is 0 Å². The summed E-state index contributed by atoms with van der Waals surface area (Å²) in [5.41, 5.74) is 0. The molecular formula is C11H15NO4. The molecule has 0 N–H and O–H groups in total. The highest BCUT2D eigenvalue weighted by Gasteiger charge is 2.29. The van der Waals surface area contributed by atoms with Gasteiger partial charge >= 0.3 is 5.97 Å². The van der Waals surface area contributed by atoms with Crippen LogP contribution in [0.3, 0.4) is 0 Å². The first-order chi connectivity index (χ1) is 7.69. The van der Waals surface area contributed by atoms with Crippen molar-refractivity contribution in [3.63, 3.8) is 0 Å². The van der Waals surface area contributed by atoms with Crippen molar-refractivity contribution in [1.29, 1.82) is 0 Å². The predicted octanol–water partition coefficient (Wildman–Crippen LogP) is -0.200. The number of amides is 1. The van der Waals surface area contributed by atoms with Gasteiger partial charge in [0, 0.05) is 19.4 Å². The average Bonchev–Trinajstić information content (AvgIpc) is 2.35. The number of hydrogen-bond donors (Lipinski definition) is 0. The molecule has 0 aromatic carbocycles. The van der Waals surface area contributed by atoms with Crippen molar-refractivity contribution in [1.82, 2.24) is 4.90 Å². The molecular weight excluding hydrogens is 210 g/mol. The number of carbonyl (C=O) groups excluding carboxylic acids is 2. The van der Waals surface area contributed by atoms with Gasteiger partial charge in [-0.15, -0.1) is 12.3 Å². The van der Waals surface area contributed by atoms with Gasteiger partial charge in [0.2, 0.25) is 5.91 Å². The lowest BCUT2D eigenvalue weighted by molar-refractivity contribution is -0.162. The van der Waals surface area contributed by atoms with Crippen molar-refractivity contribution < 1.29 is 19.1 Å². The normalized spacial score (nSPS) is 20.0. The maximum atomic E-state index is 11.6. The molecule has 1 rings (SSSR count). The maximum absolute atomic E-state index is 11.6. The van der Waals surface area contributed by atoms with E-state index in [0.29, 0.717) is 26.0 Å². The molecule has 1 amide bonds. The number of esters is 1. The SMILES string of the molecule is C#CCCC(=O)N1CCOC(C(=O)OC)C1. The van der Waals surface area contributed by atoms with Crippen LogP contribution in [0.2, 0.25) is 0 Å². The van der Waals surface area contributed by atoms with Crippen molar-refractivity contribution >= 4 is 11.9 Å². The average molecular weight is 225 g/mol. The monoisotopic (exact) mass is 225 g/mol. The van der Waals surface area contributed by atoms with Gasteiger partial charge < -0.3 is 14.4 Å². The molecule has 0 aliphatic carbocycles. The second kappa shape index (κ2) is 6.13. The number of hydrogen-bond acceptors (Lipinski definition) is 4. The summed E-state index contributed by atoms with van der Waals surface area (Å²) in [6, 6.07) is 0. The molecule has 16 heavy (non-hydrogen) atoms. The summed E-state index contributed by atoms with van der Waals surface area (Å²) in [6.45, 7) is 1.09. The van der Waals surface area contributed by atoms with Gasteiger partial charge in [-0.05, 0) is 0 Å². The van der Waals surface area contributed by atoms with Gasteiger partial charge in [-0.2, -0.15) is 0 Å². The molecule has 1 atom stereocenters. The summed E-state index contributed by atoms with van der Waals surface area (Å²) in [5, 5.41) is 0. The Morgan fingerprint density at radius 3 is 3.00 bits per heavy atom. The van der Waals surface area contributed by atoms with Gasteiger partial charge in [-0.25, -0.2) is 4.79 Å². The Balaban J connectivity index is 2.47. The van der Waals surface area contributed by atoms with Crippen LogP contribution in [0.1, 0.15) is 12.8 Å². The summed E-state index contributed by atoms with van der Waals surface area (Å²) in [5.74, 6) is 1.92. The van der Waals surface area contributed by atoms with Crippen molar-refractivity contribution in [3.8, 4) is 12.3 Å². The molecule has 1 saturated heterocycles. The van der Waals surface area contributed by atoms with Gasteiger partial charge in [0.1, 0.15) is 0 Å². The van der Waals surface area contributed by atoms with E-state index in [9.17, 15) is 9.59 Å². The highest BCUT2D eigenvalue weighted by atomic mass is 16.6. The van der Waals surface area contributed by atoms with Gasteiger partial charge in [0.05, 0.1) is 20.3 Å². The minimum atomic E-state index is -0.673. The molecule has 0 saturated carbocycles. The Hall–Kier alpha value is -1.54. The zero-order chi connectivity index (χ0) is 12.0. The van der Waals surface area contributed by atoms with Gasteiger partial charge in [0.15, 0.2) is 6.10 Å². The summed E-state index contributed by atoms with van der Waals surface area (Å²) in [7, 11) is 1.30. The number of methoxy groups -OCH3 is 1. The van der Waals surface area contributed by atoms with Crippen LogP contribution in [0.15, 0.2) is 0 Å². The molecule has 0 aromatic rings. The largest absolute Gasteiger partial charge is 0.467 e. The van der Waals surface area contributed by atoms with E-state index in [2.05, 4.69) is 10.7 Å². The first kappa shape index (κ1) is 12.5. The Morgan fingerprint density at radius 1 is 1.62 bits per heavy atom. The Morgan fingerprint density at radius 2 is 2.38 bits per heavy atom. The quantitative estimate of drug-likeness (QED) is 0.493. The predicted molar refractivity (Wildman–Crippen MR) is 56.4 cm³/mol. The first-order valence-electron chi connectivity index (χ1n) is 5.09. The fourth-order valence-electron chi connectivity index (χ4n) is 1.49. The third-order valence-corrected chi connectivity index (χ3v) is 2.37. The van der Waals surface area contributed by atoms with Crippen LogP contribution >= 0.6 is 0 Å². The number of morpholine rings is 1. The minimum absolute atomic E-state index is 0.0462. The van der Waals surface area contributed by atoms with Crippen LogP contribution < -0.4 is 0 Å². The van der Waals surface area contributed by atoms with Gasteiger partial charge in [-0.1, -0.05) is 0 Å². The number of terminal acetylenes is 1. The highest BCUT2D eigenvalue weighted by molar-refractivity contribution is 5.79. The smallest absolute Gasteiger partial charge is 0.336 e. The second-order valence-electron chi connectivity index (χ2n) is 3.43. The molecule has 1 aliphatic heterocycles. The molecule has 1 unspecified atom stereocenters. The van der Waals surface area contributed by atoms with E-state index in [1.807, 2.05) is 0 Å². The molecule has 0 radical (unpaired) electrons.